The third kappa shape index (κ3) is 3.60. The first-order valence-corrected chi connectivity index (χ1v) is 11.3. The number of hydrogen-bond donors (Lipinski definition) is 3. The number of carbonyl (C=O) groups is 1. The average molecular weight is 486 g/mol. The normalized spacial score (nSPS) is 16.5. The van der Waals surface area contributed by atoms with E-state index in [1.54, 1.807) is 24.3 Å². The summed E-state index contributed by atoms with van der Waals surface area (Å²) >= 11 is 0. The zero-order chi connectivity index (χ0) is 25.1. The van der Waals surface area contributed by atoms with Gasteiger partial charge in [-0.25, -0.2) is 4.98 Å². The summed E-state index contributed by atoms with van der Waals surface area (Å²) in [5.41, 5.74) is 8.13. The molecule has 0 bridgehead atoms. The van der Waals surface area contributed by atoms with Crippen LogP contribution in [0.1, 0.15) is 24.0 Å². The second-order valence-corrected chi connectivity index (χ2v) is 8.93. The van der Waals surface area contributed by atoms with Crippen molar-refractivity contribution >= 4 is 34.4 Å². The molecule has 0 atom stereocenters. The fraction of sp³-hybridized carbons (Fsp3) is 0.148. The number of ether oxygens (including phenoxy) is 2. The number of anilines is 2. The first kappa shape index (κ1) is 22.0. The van der Waals surface area contributed by atoms with Crippen LogP contribution in [0.2, 0.25) is 0 Å². The number of fused-ring (bicyclic) bond motifs is 2. The van der Waals surface area contributed by atoms with Crippen molar-refractivity contribution in [3.63, 3.8) is 0 Å². The SMILES string of the molecule is N=Cc1cc(-c2nc(NC(=O)C3(c4ccc5c(c4)OC(F)(F)O5)CC3)cc3ccccc23)ccc1N. The number of nitrogens with zero attached hydrogens (tertiary/aromatic N) is 1. The van der Waals surface area contributed by atoms with Gasteiger partial charge in [-0.1, -0.05) is 36.4 Å². The Morgan fingerprint density at radius 3 is 2.58 bits per heavy atom. The molecule has 1 aliphatic heterocycles. The lowest BCUT2D eigenvalue weighted by Crippen LogP contribution is -2.28. The number of benzene rings is 3. The monoisotopic (exact) mass is 486 g/mol. The van der Waals surface area contributed by atoms with Gasteiger partial charge in [-0.15, -0.1) is 8.78 Å². The number of halogens is 2. The Bertz CT molecular complexity index is 1570. The van der Waals surface area contributed by atoms with Crippen LogP contribution in [0.4, 0.5) is 20.3 Å². The van der Waals surface area contributed by atoms with Crippen molar-refractivity contribution in [2.75, 3.05) is 11.1 Å². The quantitative estimate of drug-likeness (QED) is 0.256. The molecule has 6 rings (SSSR count). The molecule has 1 fully saturated rings. The number of rotatable bonds is 5. The number of amides is 1. The van der Waals surface area contributed by atoms with Gasteiger partial charge in [-0.05, 0) is 54.1 Å². The number of hydrogen-bond acceptors (Lipinski definition) is 6. The number of alkyl halides is 2. The van der Waals surface area contributed by atoms with Gasteiger partial charge in [0.05, 0.1) is 11.1 Å². The maximum absolute atomic E-state index is 13.5. The minimum Gasteiger partial charge on any atom is -0.398 e. The van der Waals surface area contributed by atoms with E-state index in [2.05, 4.69) is 14.8 Å². The van der Waals surface area contributed by atoms with Crippen molar-refractivity contribution < 1.29 is 23.0 Å². The van der Waals surface area contributed by atoms with E-state index in [0.717, 1.165) is 16.3 Å². The number of aromatic nitrogens is 1. The molecule has 180 valence electrons. The number of nitrogens with one attached hydrogen (secondary N) is 2. The molecule has 1 saturated carbocycles. The molecule has 0 spiro atoms. The van der Waals surface area contributed by atoms with Gasteiger partial charge < -0.3 is 25.9 Å². The van der Waals surface area contributed by atoms with Crippen molar-refractivity contribution in [2.24, 2.45) is 0 Å². The summed E-state index contributed by atoms with van der Waals surface area (Å²) in [7, 11) is 0. The van der Waals surface area contributed by atoms with Gasteiger partial charge in [0.1, 0.15) is 5.82 Å². The average Bonchev–Trinajstić information content (AvgIpc) is 3.61. The maximum atomic E-state index is 13.5. The first-order valence-electron chi connectivity index (χ1n) is 11.3. The third-order valence-electron chi connectivity index (χ3n) is 6.64. The van der Waals surface area contributed by atoms with E-state index in [9.17, 15) is 13.6 Å². The smallest absolute Gasteiger partial charge is 0.398 e. The van der Waals surface area contributed by atoms with Gasteiger partial charge in [0.2, 0.25) is 5.91 Å². The Balaban J connectivity index is 1.36. The molecule has 4 N–H and O–H groups in total. The molecule has 2 aliphatic rings. The van der Waals surface area contributed by atoms with E-state index < -0.39 is 11.7 Å². The fourth-order valence-corrected chi connectivity index (χ4v) is 4.58. The van der Waals surface area contributed by atoms with E-state index in [0.29, 0.717) is 41.2 Å². The van der Waals surface area contributed by atoms with Gasteiger partial charge in [0, 0.05) is 28.4 Å². The molecule has 1 aliphatic carbocycles. The van der Waals surface area contributed by atoms with E-state index in [1.165, 1.54) is 18.3 Å². The highest BCUT2D eigenvalue weighted by Crippen LogP contribution is 2.52. The first-order chi connectivity index (χ1) is 17.3. The maximum Gasteiger partial charge on any atom is 0.586 e. The molecule has 9 heteroatoms. The molecule has 4 aromatic rings. The Morgan fingerprint density at radius 2 is 1.81 bits per heavy atom. The molecule has 0 saturated heterocycles. The van der Waals surface area contributed by atoms with Crippen LogP contribution >= 0.6 is 0 Å². The second kappa shape index (κ2) is 7.74. The van der Waals surface area contributed by atoms with Crippen LogP contribution in [-0.4, -0.2) is 23.4 Å². The molecule has 7 nitrogen and oxygen atoms in total. The Morgan fingerprint density at radius 1 is 1.03 bits per heavy atom. The van der Waals surface area contributed by atoms with Gasteiger partial charge >= 0.3 is 6.29 Å². The van der Waals surface area contributed by atoms with Crippen molar-refractivity contribution in [1.82, 2.24) is 4.98 Å². The van der Waals surface area contributed by atoms with Crippen LogP contribution in [-0.2, 0) is 10.2 Å². The summed E-state index contributed by atoms with van der Waals surface area (Å²) in [4.78, 5) is 18.2. The van der Waals surface area contributed by atoms with Crippen LogP contribution in [0.5, 0.6) is 11.5 Å². The molecular formula is C27H20F2N4O3. The van der Waals surface area contributed by atoms with Crippen LogP contribution in [0, 0.1) is 5.41 Å². The Hall–Kier alpha value is -4.53. The van der Waals surface area contributed by atoms with Gasteiger partial charge in [-0.2, -0.15) is 0 Å². The summed E-state index contributed by atoms with van der Waals surface area (Å²) in [6.45, 7) is 0. The van der Waals surface area contributed by atoms with Gasteiger partial charge in [0.15, 0.2) is 11.5 Å². The van der Waals surface area contributed by atoms with Crippen molar-refractivity contribution in [3.8, 4) is 22.8 Å². The fourth-order valence-electron chi connectivity index (χ4n) is 4.58. The van der Waals surface area contributed by atoms with E-state index in [4.69, 9.17) is 16.1 Å². The Kier molecular flexibility index (Phi) is 4.72. The van der Waals surface area contributed by atoms with E-state index >= 15 is 0 Å². The molecule has 1 amide bonds. The molecule has 36 heavy (non-hydrogen) atoms. The molecule has 0 unspecified atom stereocenters. The molecule has 0 radical (unpaired) electrons. The molecule has 3 aromatic carbocycles. The minimum absolute atomic E-state index is 0.0615. The van der Waals surface area contributed by atoms with Crippen LogP contribution in [0.25, 0.3) is 22.0 Å². The van der Waals surface area contributed by atoms with E-state index in [1.807, 2.05) is 30.3 Å². The summed E-state index contributed by atoms with van der Waals surface area (Å²) < 4.78 is 35.9. The summed E-state index contributed by atoms with van der Waals surface area (Å²) in [5.74, 6) is -0.0681. The third-order valence-corrected chi connectivity index (χ3v) is 6.64. The summed E-state index contributed by atoms with van der Waals surface area (Å²) in [6, 6.07) is 19.2. The molecular weight excluding hydrogens is 466 g/mol. The standard InChI is InChI=1S/C27H20F2N4O3/c28-27(29)35-21-8-6-18(13-22(21)36-27)26(9-10-26)25(34)33-23-12-15-3-1-2-4-19(15)24(32-23)16-5-7-20(31)17(11-16)14-30/h1-8,11-14,30H,9-10,31H2,(H,32,33,34). The largest absolute Gasteiger partial charge is 0.586 e. The lowest BCUT2D eigenvalue weighted by Gasteiger charge is -2.17. The zero-order valence-electron chi connectivity index (χ0n) is 18.8. The lowest BCUT2D eigenvalue weighted by atomic mass is 9.94. The second-order valence-electron chi connectivity index (χ2n) is 8.93. The number of carbonyl (C=O) groups excluding carboxylic acids is 1. The molecule has 2 heterocycles. The van der Waals surface area contributed by atoms with Crippen molar-refractivity contribution in [2.45, 2.75) is 24.6 Å². The van der Waals surface area contributed by atoms with Crippen molar-refractivity contribution in [1.29, 1.82) is 5.41 Å². The number of nitrogen functional groups attached to an aromatic ring is 1. The van der Waals surface area contributed by atoms with Gasteiger partial charge in [-0.3, -0.25) is 4.79 Å². The van der Waals surface area contributed by atoms with Crippen LogP contribution < -0.4 is 20.5 Å². The number of nitrogens with two attached hydrogens (primary N) is 1. The highest BCUT2D eigenvalue weighted by atomic mass is 19.3. The minimum atomic E-state index is -3.72. The number of pyridine rings is 1. The van der Waals surface area contributed by atoms with Gasteiger partial charge in [0.25, 0.3) is 0 Å². The topological polar surface area (TPSA) is 110 Å². The highest BCUT2D eigenvalue weighted by molar-refractivity contribution is 6.04. The Labute approximate surface area is 204 Å². The summed E-state index contributed by atoms with van der Waals surface area (Å²) in [5, 5.41) is 12.3. The van der Waals surface area contributed by atoms with E-state index in [-0.39, 0.29) is 17.4 Å². The highest BCUT2D eigenvalue weighted by Gasteiger charge is 2.53. The summed E-state index contributed by atoms with van der Waals surface area (Å²) in [6.07, 6.45) is -1.40. The van der Waals surface area contributed by atoms with Crippen molar-refractivity contribution in [3.05, 3.63) is 77.9 Å². The lowest BCUT2D eigenvalue weighted by molar-refractivity contribution is -0.286. The van der Waals surface area contributed by atoms with Crippen LogP contribution in [0.3, 0.4) is 0 Å². The predicted molar refractivity (Wildman–Crippen MR) is 132 cm³/mol. The zero-order valence-corrected chi connectivity index (χ0v) is 18.8. The van der Waals surface area contributed by atoms with Crippen LogP contribution in [0.15, 0.2) is 66.7 Å². The molecule has 1 aromatic heterocycles. The predicted octanol–water partition coefficient (Wildman–Crippen LogP) is 5.47.